The second-order valence-corrected chi connectivity index (χ2v) is 6.28. The highest BCUT2D eigenvalue weighted by Gasteiger charge is 2.32. The van der Waals surface area contributed by atoms with E-state index in [1.54, 1.807) is 12.1 Å². The number of carboxylic acids is 1. The molecule has 0 amide bonds. The van der Waals surface area contributed by atoms with E-state index in [0.717, 1.165) is 5.56 Å². The number of carbonyl (C=O) groups is 1. The van der Waals surface area contributed by atoms with E-state index in [9.17, 15) is 14.9 Å². The number of carboxylic acid groups (broad SMARTS) is 1. The maximum Gasteiger partial charge on any atom is 0.313 e. The van der Waals surface area contributed by atoms with Gasteiger partial charge >= 0.3 is 11.7 Å². The number of hydrogen-bond donors (Lipinski definition) is 1. The lowest BCUT2D eigenvalue weighted by atomic mass is 10.00. The molecule has 1 fully saturated rings. The number of nitro groups is 1. The number of aliphatic carboxylic acids is 1. The quantitative estimate of drug-likeness (QED) is 0.624. The molecule has 0 bridgehead atoms. The third-order valence-electron chi connectivity index (χ3n) is 3.98. The van der Waals surface area contributed by atoms with Gasteiger partial charge in [0.15, 0.2) is 0 Å². The van der Waals surface area contributed by atoms with Crippen LogP contribution in [0.2, 0.25) is 5.02 Å². The highest BCUT2D eigenvalue weighted by molar-refractivity contribution is 6.30. The van der Waals surface area contributed by atoms with Crippen molar-refractivity contribution in [1.82, 2.24) is 4.90 Å². The highest BCUT2D eigenvalue weighted by atomic mass is 35.5. The van der Waals surface area contributed by atoms with Gasteiger partial charge in [0.25, 0.3) is 0 Å². The van der Waals surface area contributed by atoms with Gasteiger partial charge in [-0.05, 0) is 29.8 Å². The summed E-state index contributed by atoms with van der Waals surface area (Å²) < 4.78 is 5.58. The van der Waals surface area contributed by atoms with Crippen molar-refractivity contribution in [2.24, 2.45) is 5.92 Å². The molecule has 25 heavy (non-hydrogen) atoms. The summed E-state index contributed by atoms with van der Waals surface area (Å²) in [5.41, 5.74) is 0.818. The van der Waals surface area contributed by atoms with Gasteiger partial charge in [0.2, 0.25) is 5.75 Å². The van der Waals surface area contributed by atoms with Crippen LogP contribution in [0, 0.1) is 16.0 Å². The van der Waals surface area contributed by atoms with Crippen molar-refractivity contribution in [3.63, 3.8) is 0 Å². The van der Waals surface area contributed by atoms with E-state index in [0.29, 0.717) is 25.4 Å². The Labute approximate surface area is 148 Å². The third kappa shape index (κ3) is 4.07. The average Bonchev–Trinajstić information content (AvgIpc) is 2.53. The number of ether oxygens (including phenoxy) is 1. The number of rotatable bonds is 6. The molecular formula is C17H15ClN2O5. The van der Waals surface area contributed by atoms with Crippen LogP contribution >= 0.6 is 11.6 Å². The monoisotopic (exact) mass is 362 g/mol. The smallest absolute Gasteiger partial charge is 0.313 e. The van der Waals surface area contributed by atoms with E-state index in [4.69, 9.17) is 21.4 Å². The summed E-state index contributed by atoms with van der Waals surface area (Å²) in [7, 11) is 0. The Morgan fingerprint density at radius 3 is 2.56 bits per heavy atom. The summed E-state index contributed by atoms with van der Waals surface area (Å²) in [6, 6.07) is 11.4. The molecule has 1 heterocycles. The van der Waals surface area contributed by atoms with Gasteiger partial charge in [-0.25, -0.2) is 0 Å². The standard InChI is InChI=1S/C17H15ClN2O5/c18-13-3-6-16(15(7-13)20(23)24)25-14-4-1-11(2-5-14)8-19-9-12(10-19)17(21)22/h1-7,12H,8-10H2,(H,21,22). The molecular weight excluding hydrogens is 348 g/mol. The number of likely N-dealkylation sites (tertiary alicyclic amines) is 1. The number of halogens is 1. The molecule has 0 aliphatic carbocycles. The zero-order valence-electron chi connectivity index (χ0n) is 13.1. The van der Waals surface area contributed by atoms with E-state index in [-0.39, 0.29) is 22.4 Å². The minimum Gasteiger partial charge on any atom is -0.481 e. The first-order valence-corrected chi connectivity index (χ1v) is 7.96. The maximum absolute atomic E-state index is 11.1. The summed E-state index contributed by atoms with van der Waals surface area (Å²) in [4.78, 5) is 23.4. The van der Waals surface area contributed by atoms with Crippen molar-refractivity contribution in [2.75, 3.05) is 13.1 Å². The van der Waals surface area contributed by atoms with E-state index < -0.39 is 10.9 Å². The van der Waals surface area contributed by atoms with Crippen LogP contribution in [-0.4, -0.2) is 34.0 Å². The largest absolute Gasteiger partial charge is 0.481 e. The van der Waals surface area contributed by atoms with E-state index in [2.05, 4.69) is 0 Å². The Kier molecular flexibility index (Phi) is 4.87. The Morgan fingerprint density at radius 1 is 1.28 bits per heavy atom. The van der Waals surface area contributed by atoms with Gasteiger partial charge in [0, 0.05) is 30.7 Å². The second-order valence-electron chi connectivity index (χ2n) is 5.84. The average molecular weight is 363 g/mol. The van der Waals surface area contributed by atoms with Crippen LogP contribution in [0.15, 0.2) is 42.5 Å². The minimum absolute atomic E-state index is 0.120. The van der Waals surface area contributed by atoms with Crippen molar-refractivity contribution < 1.29 is 19.6 Å². The van der Waals surface area contributed by atoms with Crippen LogP contribution < -0.4 is 4.74 Å². The normalized spacial score (nSPS) is 14.8. The fourth-order valence-corrected chi connectivity index (χ4v) is 2.79. The molecule has 8 heteroatoms. The highest BCUT2D eigenvalue weighted by Crippen LogP contribution is 2.33. The van der Waals surface area contributed by atoms with Gasteiger partial charge in [-0.3, -0.25) is 19.8 Å². The SMILES string of the molecule is O=C(O)C1CN(Cc2ccc(Oc3ccc(Cl)cc3[N+](=O)[O-])cc2)C1. The maximum atomic E-state index is 11.1. The Bertz CT molecular complexity index is 803. The van der Waals surface area contributed by atoms with Crippen molar-refractivity contribution in [1.29, 1.82) is 0 Å². The van der Waals surface area contributed by atoms with Crippen LogP contribution in [-0.2, 0) is 11.3 Å². The van der Waals surface area contributed by atoms with Crippen molar-refractivity contribution in [2.45, 2.75) is 6.54 Å². The predicted octanol–water partition coefficient (Wildman–Crippen LogP) is 3.56. The first-order valence-electron chi connectivity index (χ1n) is 7.58. The lowest BCUT2D eigenvalue weighted by Crippen LogP contribution is -2.49. The molecule has 1 aliphatic heterocycles. The Balaban J connectivity index is 1.64. The second kappa shape index (κ2) is 7.08. The molecule has 130 valence electrons. The molecule has 1 aliphatic rings. The van der Waals surface area contributed by atoms with Crippen LogP contribution in [0.5, 0.6) is 11.5 Å². The van der Waals surface area contributed by atoms with Crippen molar-refractivity contribution in [3.8, 4) is 11.5 Å². The molecule has 0 aromatic heterocycles. The molecule has 7 nitrogen and oxygen atoms in total. The zero-order chi connectivity index (χ0) is 18.0. The van der Waals surface area contributed by atoms with Gasteiger partial charge in [-0.2, -0.15) is 0 Å². The lowest BCUT2D eigenvalue weighted by Gasteiger charge is -2.36. The summed E-state index contributed by atoms with van der Waals surface area (Å²) >= 11 is 5.78. The summed E-state index contributed by atoms with van der Waals surface area (Å²) in [5.74, 6) is -0.451. The number of benzene rings is 2. The lowest BCUT2D eigenvalue weighted by molar-refractivity contribution is -0.385. The van der Waals surface area contributed by atoms with Gasteiger partial charge in [-0.15, -0.1) is 0 Å². The molecule has 3 rings (SSSR count). The topological polar surface area (TPSA) is 92.9 Å². The van der Waals surface area contributed by atoms with Crippen LogP contribution in [0.1, 0.15) is 5.56 Å². The summed E-state index contributed by atoms with van der Waals surface area (Å²) in [6.45, 7) is 1.75. The predicted molar refractivity (Wildman–Crippen MR) is 91.0 cm³/mol. The third-order valence-corrected chi connectivity index (χ3v) is 4.22. The van der Waals surface area contributed by atoms with Crippen molar-refractivity contribution >= 4 is 23.3 Å². The van der Waals surface area contributed by atoms with Crippen LogP contribution in [0.25, 0.3) is 0 Å². The number of nitro benzene ring substituents is 1. The zero-order valence-corrected chi connectivity index (χ0v) is 13.8. The van der Waals surface area contributed by atoms with E-state index >= 15 is 0 Å². The first-order chi connectivity index (χ1) is 11.9. The number of hydrogen-bond acceptors (Lipinski definition) is 5. The molecule has 2 aromatic rings. The molecule has 0 atom stereocenters. The number of nitrogens with zero attached hydrogens (tertiary/aromatic N) is 2. The Hall–Kier alpha value is -2.64. The molecule has 1 N–H and O–H groups in total. The summed E-state index contributed by atoms with van der Waals surface area (Å²) in [5, 5.41) is 20.2. The molecule has 1 saturated heterocycles. The van der Waals surface area contributed by atoms with Gasteiger partial charge in [0.05, 0.1) is 10.8 Å². The minimum atomic E-state index is -0.760. The Morgan fingerprint density at radius 2 is 1.96 bits per heavy atom. The molecule has 0 spiro atoms. The summed E-state index contributed by atoms with van der Waals surface area (Å²) in [6.07, 6.45) is 0. The van der Waals surface area contributed by atoms with Crippen molar-refractivity contribution in [3.05, 3.63) is 63.2 Å². The van der Waals surface area contributed by atoms with E-state index in [1.807, 2.05) is 17.0 Å². The molecule has 0 radical (unpaired) electrons. The molecule has 2 aromatic carbocycles. The van der Waals surface area contributed by atoms with Gasteiger partial charge < -0.3 is 9.84 Å². The van der Waals surface area contributed by atoms with Crippen LogP contribution in [0.4, 0.5) is 5.69 Å². The molecule has 0 saturated carbocycles. The fourth-order valence-electron chi connectivity index (χ4n) is 2.62. The van der Waals surface area contributed by atoms with E-state index in [1.165, 1.54) is 18.2 Å². The van der Waals surface area contributed by atoms with Gasteiger partial charge in [-0.1, -0.05) is 23.7 Å². The fraction of sp³-hybridized carbons (Fsp3) is 0.235. The van der Waals surface area contributed by atoms with Gasteiger partial charge in [0.1, 0.15) is 5.75 Å². The first kappa shape index (κ1) is 17.2. The molecule has 0 unspecified atom stereocenters. The van der Waals surface area contributed by atoms with Crippen LogP contribution in [0.3, 0.4) is 0 Å².